The maximum atomic E-state index is 12.6. The molecule has 1 aromatic carbocycles. The average molecular weight is 409 g/mol. The Morgan fingerprint density at radius 1 is 1.37 bits per heavy atom. The summed E-state index contributed by atoms with van der Waals surface area (Å²) in [6.07, 6.45) is 2.09. The third kappa shape index (κ3) is 3.78. The standard InChI is InChI=1S/C21H23N5O4/c1-4-25-12-17(13(2)23-25)18-10-19(30-24-18)21(28)22-14-8-20(27)26(11-14)15-6-5-7-16(9-15)29-3/h5-7,9-10,12,14H,4,8,11H2,1-3H3,(H,22,28). The Morgan fingerprint density at radius 2 is 2.20 bits per heavy atom. The summed E-state index contributed by atoms with van der Waals surface area (Å²) < 4.78 is 12.3. The molecule has 9 nitrogen and oxygen atoms in total. The Bertz CT molecular complexity index is 1090. The number of carbonyl (C=O) groups is 2. The van der Waals surface area contributed by atoms with Crippen molar-refractivity contribution < 1.29 is 18.8 Å². The number of hydrogen-bond donors (Lipinski definition) is 1. The summed E-state index contributed by atoms with van der Waals surface area (Å²) in [5, 5.41) is 11.3. The van der Waals surface area contributed by atoms with Crippen molar-refractivity contribution in [1.29, 1.82) is 0 Å². The van der Waals surface area contributed by atoms with E-state index in [9.17, 15) is 9.59 Å². The summed E-state index contributed by atoms with van der Waals surface area (Å²) in [5.41, 5.74) is 2.92. The van der Waals surface area contributed by atoms with Crippen LogP contribution in [0.5, 0.6) is 5.75 Å². The van der Waals surface area contributed by atoms with Gasteiger partial charge in [0.05, 0.1) is 18.8 Å². The molecule has 0 spiro atoms. The van der Waals surface area contributed by atoms with Gasteiger partial charge in [-0.25, -0.2) is 0 Å². The third-order valence-electron chi connectivity index (χ3n) is 5.11. The number of benzene rings is 1. The number of methoxy groups -OCH3 is 1. The van der Waals surface area contributed by atoms with Crippen LogP contribution in [-0.4, -0.2) is 46.4 Å². The molecule has 30 heavy (non-hydrogen) atoms. The van der Waals surface area contributed by atoms with Crippen molar-refractivity contribution in [1.82, 2.24) is 20.3 Å². The topological polar surface area (TPSA) is 102 Å². The van der Waals surface area contributed by atoms with E-state index in [1.807, 2.05) is 38.2 Å². The highest BCUT2D eigenvalue weighted by Gasteiger charge is 2.32. The van der Waals surface area contributed by atoms with Crippen LogP contribution in [0.2, 0.25) is 0 Å². The third-order valence-corrected chi connectivity index (χ3v) is 5.11. The molecule has 1 atom stereocenters. The fraction of sp³-hybridized carbons (Fsp3) is 0.333. The van der Waals surface area contributed by atoms with Crippen LogP contribution in [0.15, 0.2) is 41.1 Å². The normalized spacial score (nSPS) is 16.2. The highest BCUT2D eigenvalue weighted by atomic mass is 16.5. The molecule has 2 amide bonds. The molecule has 1 aliphatic heterocycles. The summed E-state index contributed by atoms with van der Waals surface area (Å²) in [5.74, 6) is 0.304. The molecule has 1 N–H and O–H groups in total. The molecule has 1 unspecified atom stereocenters. The Hall–Kier alpha value is -3.62. The summed E-state index contributed by atoms with van der Waals surface area (Å²) in [7, 11) is 1.58. The molecule has 3 aromatic rings. The van der Waals surface area contributed by atoms with Crippen LogP contribution in [0.25, 0.3) is 11.3 Å². The minimum Gasteiger partial charge on any atom is -0.497 e. The number of hydrogen-bond acceptors (Lipinski definition) is 6. The summed E-state index contributed by atoms with van der Waals surface area (Å²) in [4.78, 5) is 26.7. The fourth-order valence-corrected chi connectivity index (χ4v) is 3.53. The minimum atomic E-state index is -0.403. The van der Waals surface area contributed by atoms with Gasteiger partial charge in [0, 0.05) is 49.1 Å². The molecule has 0 radical (unpaired) electrons. The Labute approximate surface area is 173 Å². The van der Waals surface area contributed by atoms with Crippen molar-refractivity contribution in [2.24, 2.45) is 0 Å². The van der Waals surface area contributed by atoms with Crippen LogP contribution in [0.1, 0.15) is 29.6 Å². The second-order valence-electron chi connectivity index (χ2n) is 7.14. The number of aromatic nitrogens is 3. The Kier molecular flexibility index (Phi) is 5.26. The molecule has 2 aromatic heterocycles. The predicted octanol–water partition coefficient (Wildman–Crippen LogP) is 2.41. The highest BCUT2D eigenvalue weighted by molar-refractivity contribution is 5.98. The average Bonchev–Trinajstić information content (AvgIpc) is 3.46. The van der Waals surface area contributed by atoms with E-state index in [1.54, 1.807) is 28.8 Å². The highest BCUT2D eigenvalue weighted by Crippen LogP contribution is 2.26. The minimum absolute atomic E-state index is 0.0607. The lowest BCUT2D eigenvalue weighted by Gasteiger charge is -2.17. The molecule has 0 bridgehead atoms. The van der Waals surface area contributed by atoms with Crippen molar-refractivity contribution in [3.8, 4) is 17.0 Å². The molecule has 0 saturated carbocycles. The lowest BCUT2D eigenvalue weighted by molar-refractivity contribution is -0.117. The lowest BCUT2D eigenvalue weighted by atomic mass is 10.2. The first kappa shape index (κ1) is 19.7. The van der Waals surface area contributed by atoms with Crippen LogP contribution in [0.4, 0.5) is 5.69 Å². The molecule has 156 valence electrons. The number of nitrogens with one attached hydrogen (secondary N) is 1. The summed E-state index contributed by atoms with van der Waals surface area (Å²) in [6.45, 7) is 5.00. The second kappa shape index (κ2) is 8.02. The monoisotopic (exact) mass is 409 g/mol. The van der Waals surface area contributed by atoms with Gasteiger partial charge in [-0.2, -0.15) is 5.10 Å². The van der Waals surface area contributed by atoms with Crippen LogP contribution < -0.4 is 15.0 Å². The van der Waals surface area contributed by atoms with E-state index < -0.39 is 5.91 Å². The lowest BCUT2D eigenvalue weighted by Crippen LogP contribution is -2.37. The molecule has 1 saturated heterocycles. The fourth-order valence-electron chi connectivity index (χ4n) is 3.53. The van der Waals surface area contributed by atoms with E-state index in [0.717, 1.165) is 23.5 Å². The first-order valence-electron chi connectivity index (χ1n) is 9.75. The quantitative estimate of drug-likeness (QED) is 0.671. The van der Waals surface area contributed by atoms with Gasteiger partial charge in [0.15, 0.2) is 0 Å². The largest absolute Gasteiger partial charge is 0.497 e. The van der Waals surface area contributed by atoms with Crippen LogP contribution in [0.3, 0.4) is 0 Å². The molecule has 3 heterocycles. The zero-order chi connectivity index (χ0) is 21.3. The SMILES string of the molecule is CCn1cc(-c2cc(C(=O)NC3CC(=O)N(c4cccc(OC)c4)C3)on2)c(C)n1. The Morgan fingerprint density at radius 3 is 2.93 bits per heavy atom. The van der Waals surface area contributed by atoms with Crippen LogP contribution in [0, 0.1) is 6.92 Å². The molecule has 4 rings (SSSR count). The van der Waals surface area contributed by atoms with Crippen LogP contribution in [-0.2, 0) is 11.3 Å². The second-order valence-corrected chi connectivity index (χ2v) is 7.14. The molecule has 1 fully saturated rings. The van der Waals surface area contributed by atoms with Gasteiger partial charge in [0.2, 0.25) is 11.7 Å². The van der Waals surface area contributed by atoms with E-state index in [1.165, 1.54) is 0 Å². The van der Waals surface area contributed by atoms with E-state index in [2.05, 4.69) is 15.6 Å². The van der Waals surface area contributed by atoms with Gasteiger partial charge in [-0.05, 0) is 26.0 Å². The zero-order valence-electron chi connectivity index (χ0n) is 17.1. The number of rotatable bonds is 6. The first-order valence-corrected chi connectivity index (χ1v) is 9.75. The zero-order valence-corrected chi connectivity index (χ0v) is 17.1. The molecule has 1 aliphatic rings. The van der Waals surface area contributed by atoms with E-state index in [4.69, 9.17) is 9.26 Å². The van der Waals surface area contributed by atoms with Crippen LogP contribution >= 0.6 is 0 Å². The van der Waals surface area contributed by atoms with Gasteiger partial charge in [0.1, 0.15) is 11.4 Å². The van der Waals surface area contributed by atoms with Crippen molar-refractivity contribution in [2.45, 2.75) is 32.9 Å². The van der Waals surface area contributed by atoms with E-state index in [0.29, 0.717) is 18.0 Å². The van der Waals surface area contributed by atoms with Gasteiger partial charge in [0.25, 0.3) is 5.91 Å². The molecule has 9 heteroatoms. The van der Waals surface area contributed by atoms with Gasteiger partial charge in [-0.1, -0.05) is 11.2 Å². The molecule has 0 aliphatic carbocycles. The smallest absolute Gasteiger partial charge is 0.290 e. The van der Waals surface area contributed by atoms with Gasteiger partial charge < -0.3 is 19.5 Å². The number of ether oxygens (including phenoxy) is 1. The first-order chi connectivity index (χ1) is 14.5. The maximum Gasteiger partial charge on any atom is 0.290 e. The summed E-state index contributed by atoms with van der Waals surface area (Å²) >= 11 is 0. The van der Waals surface area contributed by atoms with Crippen molar-refractivity contribution in [3.63, 3.8) is 0 Å². The van der Waals surface area contributed by atoms with Crippen molar-refractivity contribution >= 4 is 17.5 Å². The maximum absolute atomic E-state index is 12.6. The number of anilines is 1. The van der Waals surface area contributed by atoms with Gasteiger partial charge in [-0.15, -0.1) is 0 Å². The molecular formula is C21H23N5O4. The van der Waals surface area contributed by atoms with Crippen molar-refractivity contribution in [2.75, 3.05) is 18.6 Å². The van der Waals surface area contributed by atoms with E-state index in [-0.39, 0.29) is 24.1 Å². The molecular weight excluding hydrogens is 386 g/mol. The number of aryl methyl sites for hydroxylation is 2. The van der Waals surface area contributed by atoms with Crippen molar-refractivity contribution in [3.05, 3.63) is 48.0 Å². The summed E-state index contributed by atoms with van der Waals surface area (Å²) in [6, 6.07) is 8.54. The Balaban J connectivity index is 1.44. The van der Waals surface area contributed by atoms with Gasteiger partial charge in [-0.3, -0.25) is 14.3 Å². The van der Waals surface area contributed by atoms with Gasteiger partial charge >= 0.3 is 0 Å². The predicted molar refractivity (Wildman–Crippen MR) is 109 cm³/mol. The number of carbonyl (C=O) groups excluding carboxylic acids is 2. The number of amides is 2. The van der Waals surface area contributed by atoms with E-state index >= 15 is 0 Å². The number of nitrogens with zero attached hydrogens (tertiary/aromatic N) is 4.